The quantitative estimate of drug-likeness (QED) is 0.714. The molecule has 3 heterocycles. The third-order valence-electron chi connectivity index (χ3n) is 4.43. The Bertz CT molecular complexity index is 1060. The summed E-state index contributed by atoms with van der Waals surface area (Å²) >= 11 is 1.63. The highest BCUT2D eigenvalue weighted by molar-refractivity contribution is 7.15. The van der Waals surface area contributed by atoms with Gasteiger partial charge < -0.3 is 9.63 Å². The Morgan fingerprint density at radius 1 is 1.38 bits per heavy atom. The topological polar surface area (TPSA) is 114 Å². The molecule has 3 aromatic heterocycles. The zero-order chi connectivity index (χ0) is 18.5. The zero-order valence-electron chi connectivity index (χ0n) is 14.4. The van der Waals surface area contributed by atoms with Crippen molar-refractivity contribution in [2.75, 3.05) is 6.61 Å². The third kappa shape index (κ3) is 2.93. The Hall–Kier alpha value is -2.52. The van der Waals surface area contributed by atoms with Gasteiger partial charge in [-0.2, -0.15) is 4.98 Å². The van der Waals surface area contributed by atoms with Crippen LogP contribution in [0, 0.1) is 5.41 Å². The van der Waals surface area contributed by atoms with E-state index < -0.39 is 11.2 Å². The summed E-state index contributed by atoms with van der Waals surface area (Å²) in [5.41, 5.74) is 0.538. The maximum atomic E-state index is 12.1. The lowest BCUT2D eigenvalue weighted by molar-refractivity contribution is 0.273. The Morgan fingerprint density at radius 2 is 2.19 bits per heavy atom. The SMILES string of the molecule is CC1(C)Cc2cc(-c3nc(-c4cn(CCO)c(=O)[nH]c4=O)no3)sc2C1. The van der Waals surface area contributed by atoms with Crippen molar-refractivity contribution in [2.24, 2.45) is 5.41 Å². The normalized spacial score (nSPS) is 15.3. The first-order chi connectivity index (χ1) is 12.4. The van der Waals surface area contributed by atoms with Gasteiger partial charge in [-0.15, -0.1) is 11.3 Å². The molecule has 136 valence electrons. The lowest BCUT2D eigenvalue weighted by Gasteiger charge is -2.15. The lowest BCUT2D eigenvalue weighted by Crippen LogP contribution is -2.31. The molecule has 0 saturated heterocycles. The minimum atomic E-state index is -0.591. The van der Waals surface area contributed by atoms with Crippen LogP contribution in [0.2, 0.25) is 0 Å². The van der Waals surface area contributed by atoms with Gasteiger partial charge in [0.25, 0.3) is 11.4 Å². The average Bonchev–Trinajstić information content (AvgIpc) is 3.22. The van der Waals surface area contributed by atoms with Gasteiger partial charge in [-0.05, 0) is 29.9 Å². The van der Waals surface area contributed by atoms with Gasteiger partial charge in [-0.1, -0.05) is 19.0 Å². The zero-order valence-corrected chi connectivity index (χ0v) is 15.2. The molecule has 0 aromatic carbocycles. The molecule has 0 fully saturated rings. The number of aromatic nitrogens is 4. The average molecular weight is 374 g/mol. The van der Waals surface area contributed by atoms with Gasteiger partial charge >= 0.3 is 5.69 Å². The highest BCUT2D eigenvalue weighted by Crippen LogP contribution is 2.43. The molecular formula is C17H18N4O4S. The predicted molar refractivity (Wildman–Crippen MR) is 96.2 cm³/mol. The summed E-state index contributed by atoms with van der Waals surface area (Å²) in [6, 6.07) is 2.07. The molecule has 0 atom stereocenters. The number of H-pyrrole nitrogens is 1. The number of nitrogens with one attached hydrogen (secondary N) is 1. The third-order valence-corrected chi connectivity index (χ3v) is 5.60. The number of hydrogen-bond acceptors (Lipinski definition) is 7. The van der Waals surface area contributed by atoms with Crippen LogP contribution < -0.4 is 11.2 Å². The number of hydrogen-bond donors (Lipinski definition) is 2. The molecule has 0 amide bonds. The lowest BCUT2D eigenvalue weighted by atomic mass is 9.91. The standard InChI is InChI=1S/C17H18N4O4S/c1-17(2)6-9-5-11(26-12(9)7-17)15-18-13(20-25-15)10-8-21(3-4-22)16(24)19-14(10)23/h5,8,22H,3-4,6-7H2,1-2H3,(H,19,23,24). The van der Waals surface area contributed by atoms with Crippen LogP contribution in [0.5, 0.6) is 0 Å². The van der Waals surface area contributed by atoms with Crippen molar-refractivity contribution < 1.29 is 9.63 Å². The Morgan fingerprint density at radius 3 is 2.92 bits per heavy atom. The fourth-order valence-electron chi connectivity index (χ4n) is 3.26. The molecule has 8 nitrogen and oxygen atoms in total. The van der Waals surface area contributed by atoms with Gasteiger partial charge in [0.05, 0.1) is 18.0 Å². The summed E-state index contributed by atoms with van der Waals surface area (Å²) in [5, 5.41) is 12.9. The molecule has 4 rings (SSSR count). The number of thiophene rings is 1. The van der Waals surface area contributed by atoms with Gasteiger partial charge in [0, 0.05) is 11.1 Å². The van der Waals surface area contributed by atoms with Gasteiger partial charge in [0.2, 0.25) is 5.82 Å². The minimum absolute atomic E-state index is 0.0702. The van der Waals surface area contributed by atoms with Gasteiger partial charge in [-0.25, -0.2) is 4.79 Å². The molecule has 0 unspecified atom stereocenters. The van der Waals surface area contributed by atoms with E-state index in [0.717, 1.165) is 17.7 Å². The molecule has 0 saturated carbocycles. The monoisotopic (exact) mass is 374 g/mol. The van der Waals surface area contributed by atoms with Crippen molar-refractivity contribution >= 4 is 11.3 Å². The first kappa shape index (κ1) is 16.9. The molecule has 0 radical (unpaired) electrons. The summed E-state index contributed by atoms with van der Waals surface area (Å²) < 4.78 is 6.54. The van der Waals surface area contributed by atoms with Crippen molar-refractivity contribution in [3.05, 3.63) is 43.5 Å². The number of nitrogens with zero attached hydrogens (tertiary/aromatic N) is 3. The van der Waals surface area contributed by atoms with Gasteiger partial charge in [-0.3, -0.25) is 14.3 Å². The maximum absolute atomic E-state index is 12.1. The maximum Gasteiger partial charge on any atom is 0.328 e. The van der Waals surface area contributed by atoms with Crippen molar-refractivity contribution in [3.63, 3.8) is 0 Å². The molecule has 0 bridgehead atoms. The largest absolute Gasteiger partial charge is 0.395 e. The van der Waals surface area contributed by atoms with E-state index in [-0.39, 0.29) is 30.0 Å². The first-order valence-corrected chi connectivity index (χ1v) is 9.09. The van der Waals surface area contributed by atoms with E-state index in [0.29, 0.717) is 5.89 Å². The number of aliphatic hydroxyl groups is 1. The Balaban J connectivity index is 1.69. The molecule has 9 heteroatoms. The summed E-state index contributed by atoms with van der Waals surface area (Å²) in [6.07, 6.45) is 3.38. The summed E-state index contributed by atoms with van der Waals surface area (Å²) in [7, 11) is 0. The van der Waals surface area contributed by atoms with Crippen molar-refractivity contribution in [3.8, 4) is 22.2 Å². The Kier molecular flexibility index (Phi) is 3.92. The summed E-state index contributed by atoms with van der Waals surface area (Å²) in [5.74, 6) is 0.471. The van der Waals surface area contributed by atoms with E-state index in [1.165, 1.54) is 21.2 Å². The predicted octanol–water partition coefficient (Wildman–Crippen LogP) is 1.43. The van der Waals surface area contributed by atoms with Crippen LogP contribution in [-0.4, -0.2) is 31.4 Å². The molecule has 2 N–H and O–H groups in total. The van der Waals surface area contributed by atoms with E-state index in [1.54, 1.807) is 11.3 Å². The highest BCUT2D eigenvalue weighted by atomic mass is 32.1. The van der Waals surface area contributed by atoms with Crippen molar-refractivity contribution in [2.45, 2.75) is 33.2 Å². The van der Waals surface area contributed by atoms with E-state index in [9.17, 15) is 9.59 Å². The second kappa shape index (κ2) is 6.03. The van der Waals surface area contributed by atoms with Crippen LogP contribution in [0.25, 0.3) is 22.2 Å². The van der Waals surface area contributed by atoms with Crippen molar-refractivity contribution in [1.82, 2.24) is 19.7 Å². The first-order valence-electron chi connectivity index (χ1n) is 8.27. The van der Waals surface area contributed by atoms with E-state index >= 15 is 0 Å². The smallest absolute Gasteiger partial charge is 0.328 e. The molecule has 0 spiro atoms. The molecule has 26 heavy (non-hydrogen) atoms. The molecular weight excluding hydrogens is 356 g/mol. The van der Waals surface area contributed by atoms with E-state index in [2.05, 4.69) is 35.0 Å². The van der Waals surface area contributed by atoms with Crippen LogP contribution in [0.15, 0.2) is 26.4 Å². The number of rotatable bonds is 4. The summed E-state index contributed by atoms with van der Waals surface area (Å²) in [4.78, 5) is 32.5. The van der Waals surface area contributed by atoms with Crippen LogP contribution >= 0.6 is 11.3 Å². The second-order valence-corrected chi connectivity index (χ2v) is 8.36. The van der Waals surface area contributed by atoms with E-state index in [1.807, 2.05) is 0 Å². The Labute approximate surface area is 152 Å². The highest BCUT2D eigenvalue weighted by Gasteiger charge is 2.31. The second-order valence-electron chi connectivity index (χ2n) is 7.22. The van der Waals surface area contributed by atoms with Crippen molar-refractivity contribution in [1.29, 1.82) is 0 Å². The number of aromatic amines is 1. The fraction of sp³-hybridized carbons (Fsp3) is 0.412. The molecule has 3 aromatic rings. The van der Waals surface area contributed by atoms with Gasteiger partial charge in [0.15, 0.2) is 0 Å². The van der Waals surface area contributed by atoms with Crippen LogP contribution in [0.3, 0.4) is 0 Å². The summed E-state index contributed by atoms with van der Waals surface area (Å²) in [6.45, 7) is 4.34. The molecule has 1 aliphatic carbocycles. The van der Waals surface area contributed by atoms with Crippen LogP contribution in [-0.2, 0) is 19.4 Å². The number of fused-ring (bicyclic) bond motifs is 1. The van der Waals surface area contributed by atoms with E-state index in [4.69, 9.17) is 9.63 Å². The van der Waals surface area contributed by atoms with Gasteiger partial charge in [0.1, 0.15) is 5.56 Å². The minimum Gasteiger partial charge on any atom is -0.395 e. The van der Waals surface area contributed by atoms with Crippen LogP contribution in [0.1, 0.15) is 24.3 Å². The number of aliphatic hydroxyl groups excluding tert-OH is 1. The molecule has 1 aliphatic rings. The fourth-order valence-corrected chi connectivity index (χ4v) is 4.62. The molecule has 0 aliphatic heterocycles. The van der Waals surface area contributed by atoms with Crippen LogP contribution in [0.4, 0.5) is 0 Å².